The third kappa shape index (κ3) is 5.27. The van der Waals surface area contributed by atoms with Gasteiger partial charge in [-0.1, -0.05) is 5.92 Å². The number of carbonyl (C=O) groups is 2. The van der Waals surface area contributed by atoms with Gasteiger partial charge in [-0.25, -0.2) is 0 Å². The Morgan fingerprint density at radius 3 is 2.63 bits per heavy atom. The number of piperazine rings is 1. The van der Waals surface area contributed by atoms with Gasteiger partial charge in [-0.15, -0.1) is 5.92 Å². The first-order valence-electron chi connectivity index (χ1n) is 15.1. The van der Waals surface area contributed by atoms with E-state index in [1.807, 2.05) is 9.91 Å². The predicted molar refractivity (Wildman–Crippen MR) is 154 cm³/mol. The van der Waals surface area contributed by atoms with E-state index in [0.29, 0.717) is 26.1 Å². The Labute approximate surface area is 241 Å². The van der Waals surface area contributed by atoms with Gasteiger partial charge < -0.3 is 24.8 Å². The highest BCUT2D eigenvalue weighted by Crippen LogP contribution is 2.33. The number of hydrogen-bond donors (Lipinski definition) is 4. The summed E-state index contributed by atoms with van der Waals surface area (Å²) in [7, 11) is 2.17. The Hall–Kier alpha value is -2.92. The van der Waals surface area contributed by atoms with E-state index in [0.717, 1.165) is 51.1 Å². The highest BCUT2D eigenvalue weighted by Gasteiger charge is 2.53. The van der Waals surface area contributed by atoms with Gasteiger partial charge in [0.05, 0.1) is 30.9 Å². The number of amides is 2. The van der Waals surface area contributed by atoms with Crippen LogP contribution in [0.5, 0.6) is 0 Å². The lowest BCUT2D eigenvalue weighted by molar-refractivity contribution is -0.176. The monoisotopic (exact) mass is 563 g/mol. The molecule has 2 bridgehead atoms. The van der Waals surface area contributed by atoms with Gasteiger partial charge in [0.1, 0.15) is 19.1 Å². The topological polar surface area (TPSA) is 108 Å². The van der Waals surface area contributed by atoms with E-state index in [9.17, 15) is 9.59 Å². The number of hydrogen-bond acceptors (Lipinski definition) is 10. The van der Waals surface area contributed by atoms with Crippen LogP contribution >= 0.6 is 0 Å². The van der Waals surface area contributed by atoms with E-state index in [4.69, 9.17) is 4.74 Å². The normalized spacial score (nSPS) is 34.6. The molecule has 0 spiro atoms. The fourth-order valence-corrected chi connectivity index (χ4v) is 7.03. The smallest absolute Gasteiger partial charge is 0.249 e. The molecule has 12 heteroatoms. The second-order valence-electron chi connectivity index (χ2n) is 11.9. The van der Waals surface area contributed by atoms with E-state index >= 15 is 0 Å². The Morgan fingerprint density at radius 1 is 0.976 bits per heavy atom. The zero-order chi connectivity index (χ0) is 27.9. The molecule has 0 saturated carbocycles. The average molecular weight is 564 g/mol. The molecule has 1 aromatic carbocycles. The van der Waals surface area contributed by atoms with Crippen LogP contribution in [-0.4, -0.2) is 122 Å². The third-order valence-corrected chi connectivity index (χ3v) is 9.33. The molecular formula is C29H41N9O3. The second kappa shape index (κ2) is 11.4. The van der Waals surface area contributed by atoms with Gasteiger partial charge in [-0.3, -0.25) is 30.5 Å². The van der Waals surface area contributed by atoms with Crippen molar-refractivity contribution < 1.29 is 14.3 Å². The molecule has 0 aromatic heterocycles. The predicted octanol–water partition coefficient (Wildman–Crippen LogP) is -0.612. The molecule has 4 N–H and O–H groups in total. The molecule has 7 rings (SSSR count). The third-order valence-electron chi connectivity index (χ3n) is 9.33. The van der Waals surface area contributed by atoms with Crippen molar-refractivity contribution in [3.8, 4) is 11.8 Å². The van der Waals surface area contributed by atoms with Gasteiger partial charge in [0.15, 0.2) is 0 Å². The standard InChI is InChI=1S/C29H41N9O3/c1-34-14-16-35(17-15-34)21-8-6-20(7-9-21)31-29-30-18-22-26(33-29)38-24-11-10-23-27(32-24)36(25(39)19-41-23)12-4-2-3-5-13-37(38)28(22)40/h6-9,22-24,26-27,29-33H,2,4,10-19H2,1H3. The number of rotatable bonds is 3. The number of benzene rings is 1. The maximum atomic E-state index is 13.7. The number of ether oxygens (including phenoxy) is 1. The number of nitrogens with one attached hydrogen (secondary N) is 4. The van der Waals surface area contributed by atoms with Crippen LogP contribution in [0.25, 0.3) is 0 Å². The summed E-state index contributed by atoms with van der Waals surface area (Å²) in [6.45, 7) is 5.95. The molecule has 5 saturated heterocycles. The Kier molecular flexibility index (Phi) is 7.49. The van der Waals surface area contributed by atoms with E-state index in [-0.39, 0.29) is 55.2 Å². The Bertz CT molecular complexity index is 1190. The minimum absolute atomic E-state index is 0.0135. The average Bonchev–Trinajstić information content (AvgIpc) is 3.26. The van der Waals surface area contributed by atoms with Crippen molar-refractivity contribution in [2.75, 3.05) is 69.7 Å². The van der Waals surface area contributed by atoms with Crippen LogP contribution in [-0.2, 0) is 14.3 Å². The fourth-order valence-electron chi connectivity index (χ4n) is 7.03. The summed E-state index contributed by atoms with van der Waals surface area (Å²) in [5, 5.41) is 18.4. The number of piperidine rings is 1. The molecule has 6 unspecified atom stereocenters. The van der Waals surface area contributed by atoms with Crippen LogP contribution in [0.1, 0.15) is 25.7 Å². The number of fused-ring (bicyclic) bond motifs is 5. The molecule has 220 valence electrons. The van der Waals surface area contributed by atoms with Crippen molar-refractivity contribution in [2.45, 2.75) is 56.6 Å². The summed E-state index contributed by atoms with van der Waals surface area (Å²) in [6, 6.07) is 8.60. The summed E-state index contributed by atoms with van der Waals surface area (Å²) in [6.07, 6.45) is 2.36. The van der Waals surface area contributed by atoms with E-state index in [1.54, 1.807) is 0 Å². The maximum absolute atomic E-state index is 13.7. The molecule has 1 aromatic rings. The number of nitrogens with zero attached hydrogens (tertiary/aromatic N) is 5. The van der Waals surface area contributed by atoms with Crippen molar-refractivity contribution >= 4 is 23.2 Å². The number of carbonyl (C=O) groups excluding carboxylic acids is 2. The molecule has 6 atom stereocenters. The first-order chi connectivity index (χ1) is 20.0. The summed E-state index contributed by atoms with van der Waals surface area (Å²) >= 11 is 0. The van der Waals surface area contributed by atoms with Gasteiger partial charge in [-0.05, 0) is 50.6 Å². The number of morpholine rings is 1. The van der Waals surface area contributed by atoms with Crippen LogP contribution in [0.15, 0.2) is 24.3 Å². The number of hydrazine groups is 1. The van der Waals surface area contributed by atoms with Crippen LogP contribution < -0.4 is 26.2 Å². The lowest BCUT2D eigenvalue weighted by Crippen LogP contribution is -2.72. The lowest BCUT2D eigenvalue weighted by atomic mass is 9.99. The van der Waals surface area contributed by atoms with Crippen molar-refractivity contribution in [3.05, 3.63) is 24.3 Å². The molecule has 12 nitrogen and oxygen atoms in total. The molecule has 6 aliphatic rings. The van der Waals surface area contributed by atoms with Gasteiger partial charge in [0.25, 0.3) is 0 Å². The summed E-state index contributed by atoms with van der Waals surface area (Å²) in [4.78, 5) is 33.2. The molecule has 41 heavy (non-hydrogen) atoms. The Morgan fingerprint density at radius 2 is 1.80 bits per heavy atom. The highest BCUT2D eigenvalue weighted by atomic mass is 16.5. The minimum atomic E-state index is -0.237. The quantitative estimate of drug-likeness (QED) is 0.356. The summed E-state index contributed by atoms with van der Waals surface area (Å²) in [5.41, 5.74) is 2.26. The molecule has 6 aliphatic heterocycles. The van der Waals surface area contributed by atoms with Crippen molar-refractivity contribution in [2.24, 2.45) is 5.92 Å². The van der Waals surface area contributed by atoms with Crippen molar-refractivity contribution in [3.63, 3.8) is 0 Å². The highest BCUT2D eigenvalue weighted by molar-refractivity contribution is 5.82. The molecule has 0 aliphatic carbocycles. The van der Waals surface area contributed by atoms with Gasteiger partial charge in [0.2, 0.25) is 11.8 Å². The van der Waals surface area contributed by atoms with Crippen molar-refractivity contribution in [1.29, 1.82) is 0 Å². The molecule has 0 radical (unpaired) electrons. The first kappa shape index (κ1) is 26.9. The van der Waals surface area contributed by atoms with Crippen LogP contribution in [0.3, 0.4) is 0 Å². The fraction of sp³-hybridized carbons (Fsp3) is 0.655. The second-order valence-corrected chi connectivity index (χ2v) is 11.9. The maximum Gasteiger partial charge on any atom is 0.249 e. The van der Waals surface area contributed by atoms with E-state index < -0.39 is 0 Å². The van der Waals surface area contributed by atoms with Gasteiger partial charge in [-0.2, -0.15) is 5.01 Å². The van der Waals surface area contributed by atoms with Crippen LogP contribution in [0, 0.1) is 17.8 Å². The zero-order valence-corrected chi connectivity index (χ0v) is 23.7. The largest absolute Gasteiger partial charge is 0.369 e. The SMILES string of the molecule is CN1CCN(c2ccc(NC3NCC4C(=O)N5CC#CCCCN6C(=O)COC7CCC(NC76)N5C4N3)cc2)CC1. The summed E-state index contributed by atoms with van der Waals surface area (Å²) < 4.78 is 5.92. The number of anilines is 2. The minimum Gasteiger partial charge on any atom is -0.369 e. The zero-order valence-electron chi connectivity index (χ0n) is 23.7. The molecular weight excluding hydrogens is 522 g/mol. The van der Waals surface area contributed by atoms with E-state index in [2.05, 4.69) is 79.2 Å². The molecule has 5 fully saturated rings. The molecule has 2 amide bonds. The first-order valence-corrected chi connectivity index (χ1v) is 15.1. The van der Waals surface area contributed by atoms with Crippen LogP contribution in [0.4, 0.5) is 11.4 Å². The van der Waals surface area contributed by atoms with Crippen LogP contribution in [0.2, 0.25) is 0 Å². The Balaban J connectivity index is 1.08. The molecule has 6 heterocycles. The van der Waals surface area contributed by atoms with Gasteiger partial charge in [0, 0.05) is 57.1 Å². The lowest BCUT2D eigenvalue weighted by Gasteiger charge is -2.50. The van der Waals surface area contributed by atoms with E-state index in [1.165, 1.54) is 5.69 Å². The number of likely N-dealkylation sites (N-methyl/N-ethyl adjacent to an activating group) is 1. The van der Waals surface area contributed by atoms with Gasteiger partial charge >= 0.3 is 0 Å². The van der Waals surface area contributed by atoms with Crippen molar-refractivity contribution in [1.82, 2.24) is 35.8 Å². The summed E-state index contributed by atoms with van der Waals surface area (Å²) in [5.74, 6) is 6.31.